The Morgan fingerprint density at radius 2 is 1.65 bits per heavy atom. The minimum absolute atomic E-state index is 0.0483. The van der Waals surface area contributed by atoms with Crippen molar-refractivity contribution in [2.24, 2.45) is 17.8 Å². The van der Waals surface area contributed by atoms with E-state index in [1.807, 2.05) is 0 Å². The summed E-state index contributed by atoms with van der Waals surface area (Å²) in [5.74, 6) is -0.255. The minimum atomic E-state index is -1.04. The van der Waals surface area contributed by atoms with Gasteiger partial charge in [-0.1, -0.05) is 72.4 Å². The van der Waals surface area contributed by atoms with Crippen molar-refractivity contribution in [3.8, 4) is 0 Å². The Balaban J connectivity index is 1.74. The van der Waals surface area contributed by atoms with Crippen LogP contribution < -0.4 is 0 Å². The molecule has 7 rings (SSSR count). The topological polar surface area (TPSA) is 40.5 Å². The lowest BCUT2D eigenvalue weighted by atomic mass is 9.45. The van der Waals surface area contributed by atoms with Crippen LogP contribution in [0.15, 0.2) is 71.4 Å². The molecule has 0 aromatic heterocycles. The van der Waals surface area contributed by atoms with Crippen molar-refractivity contribution in [1.82, 2.24) is 0 Å². The van der Waals surface area contributed by atoms with Gasteiger partial charge in [-0.3, -0.25) is 0 Å². The number of allylic oxidation sites excluding steroid dienone is 4. The summed E-state index contributed by atoms with van der Waals surface area (Å²) in [4.78, 5) is 0. The zero-order chi connectivity index (χ0) is 17.3. The first-order chi connectivity index (χ1) is 12.6. The third kappa shape index (κ3) is 1.19. The second kappa shape index (κ2) is 3.95. The molecule has 0 heterocycles. The van der Waals surface area contributed by atoms with Gasteiger partial charge in [-0.25, -0.2) is 0 Å². The lowest BCUT2D eigenvalue weighted by Crippen LogP contribution is -2.61. The van der Waals surface area contributed by atoms with Crippen LogP contribution >= 0.6 is 0 Å². The Hall–Kier alpha value is -2.42. The minimum Gasteiger partial charge on any atom is -0.384 e. The van der Waals surface area contributed by atoms with Crippen LogP contribution in [0.5, 0.6) is 0 Å². The molecule has 2 N–H and O–H groups in total. The van der Waals surface area contributed by atoms with Crippen LogP contribution in [0.4, 0.5) is 0 Å². The largest absolute Gasteiger partial charge is 0.384 e. The van der Waals surface area contributed by atoms with Crippen molar-refractivity contribution < 1.29 is 10.2 Å². The molecular weight excluding hydrogens is 320 g/mol. The molecule has 26 heavy (non-hydrogen) atoms. The first kappa shape index (κ1) is 13.7. The van der Waals surface area contributed by atoms with Crippen LogP contribution in [-0.4, -0.2) is 10.2 Å². The van der Waals surface area contributed by atoms with Crippen LogP contribution in [0.3, 0.4) is 0 Å². The number of benzene rings is 1. The number of hydrogen-bond acceptors (Lipinski definition) is 2. The zero-order valence-corrected chi connectivity index (χ0v) is 14.2. The number of rotatable bonds is 0. The molecule has 0 saturated carbocycles. The SMILES string of the molecule is O[C@@]12c3c4ccc5c3[C@@]3(O)C(=CCC6=CC=C(C=CC1C=C4)C2C63)C=C5. The summed E-state index contributed by atoms with van der Waals surface area (Å²) in [5.41, 5.74) is 5.29. The van der Waals surface area contributed by atoms with E-state index >= 15 is 0 Å². The van der Waals surface area contributed by atoms with Gasteiger partial charge < -0.3 is 10.2 Å². The summed E-state index contributed by atoms with van der Waals surface area (Å²) in [6.07, 6.45) is 20.0. The van der Waals surface area contributed by atoms with E-state index in [2.05, 4.69) is 66.8 Å². The Kier molecular flexibility index (Phi) is 2.09. The highest BCUT2D eigenvalue weighted by atomic mass is 16.3. The van der Waals surface area contributed by atoms with Crippen molar-refractivity contribution in [2.75, 3.05) is 0 Å². The van der Waals surface area contributed by atoms with Gasteiger partial charge in [0.2, 0.25) is 0 Å². The second-order valence-corrected chi connectivity index (χ2v) is 8.39. The van der Waals surface area contributed by atoms with Crippen LogP contribution in [-0.2, 0) is 11.2 Å². The van der Waals surface area contributed by atoms with Gasteiger partial charge in [-0.2, -0.15) is 0 Å². The van der Waals surface area contributed by atoms with E-state index in [9.17, 15) is 10.2 Å². The third-order valence-electron chi connectivity index (χ3n) is 7.48. The standard InChI is InChI=1S/C24H18O2/c25-23-17-9-5-13-1-2-14-6-10-18-12-8-16-4-3-15(7-11-17)21(23)22(16)24(18,26)20(14)19(13)23/h1-7,9-12,17,21-22,25-26H,8H2/t17?,21?,22?,23-,24+/m1/s1. The molecule has 1 aromatic rings. The fraction of sp³-hybridized carbons (Fsp3) is 0.250. The van der Waals surface area contributed by atoms with Gasteiger partial charge >= 0.3 is 0 Å². The molecule has 0 bridgehead atoms. The molecule has 0 amide bonds. The predicted octanol–water partition coefficient (Wildman–Crippen LogP) is 3.74. The van der Waals surface area contributed by atoms with Crippen LogP contribution in [0.2, 0.25) is 0 Å². The lowest BCUT2D eigenvalue weighted by molar-refractivity contribution is -0.120. The molecule has 0 fully saturated rings. The molecule has 0 aliphatic heterocycles. The van der Waals surface area contributed by atoms with Crippen LogP contribution in [0.25, 0.3) is 12.2 Å². The maximum absolute atomic E-state index is 12.2. The quantitative estimate of drug-likeness (QED) is 0.756. The number of hydrogen-bond donors (Lipinski definition) is 2. The monoisotopic (exact) mass is 338 g/mol. The molecular formula is C24H18O2. The maximum Gasteiger partial charge on any atom is 0.122 e. The molecule has 3 unspecified atom stereocenters. The Morgan fingerprint density at radius 1 is 0.846 bits per heavy atom. The first-order valence-electron chi connectivity index (χ1n) is 9.42. The highest BCUT2D eigenvalue weighted by Gasteiger charge is 2.66. The van der Waals surface area contributed by atoms with Gasteiger partial charge in [0, 0.05) is 23.3 Å². The summed E-state index contributed by atoms with van der Waals surface area (Å²) in [6, 6.07) is 4.18. The normalized spacial score (nSPS) is 41.5. The molecule has 2 nitrogen and oxygen atoms in total. The Morgan fingerprint density at radius 3 is 2.54 bits per heavy atom. The van der Waals surface area contributed by atoms with E-state index in [4.69, 9.17) is 0 Å². The van der Waals surface area contributed by atoms with E-state index in [0.717, 1.165) is 39.8 Å². The van der Waals surface area contributed by atoms with Crippen molar-refractivity contribution in [3.63, 3.8) is 0 Å². The first-order valence-corrected chi connectivity index (χ1v) is 9.42. The van der Waals surface area contributed by atoms with E-state index < -0.39 is 11.2 Å². The van der Waals surface area contributed by atoms with Crippen molar-refractivity contribution in [2.45, 2.75) is 17.6 Å². The van der Waals surface area contributed by atoms with E-state index in [0.29, 0.717) is 0 Å². The molecule has 0 saturated heterocycles. The fourth-order valence-corrected chi connectivity index (χ4v) is 6.49. The molecule has 2 heteroatoms. The van der Waals surface area contributed by atoms with Gasteiger partial charge in [-0.05, 0) is 34.3 Å². The summed E-state index contributed by atoms with van der Waals surface area (Å²) < 4.78 is 0. The zero-order valence-electron chi connectivity index (χ0n) is 14.2. The van der Waals surface area contributed by atoms with E-state index in [-0.39, 0.29) is 17.8 Å². The summed E-state index contributed by atoms with van der Waals surface area (Å²) in [5, 5.41) is 24.4. The van der Waals surface area contributed by atoms with E-state index in [1.54, 1.807) is 0 Å². The lowest BCUT2D eigenvalue weighted by Gasteiger charge is -2.61. The highest BCUT2D eigenvalue weighted by molar-refractivity contribution is 5.77. The molecule has 5 atom stereocenters. The van der Waals surface area contributed by atoms with Crippen LogP contribution in [0.1, 0.15) is 28.7 Å². The molecule has 0 radical (unpaired) electrons. The van der Waals surface area contributed by atoms with Crippen molar-refractivity contribution in [1.29, 1.82) is 0 Å². The van der Waals surface area contributed by atoms with Gasteiger partial charge in [0.15, 0.2) is 0 Å². The second-order valence-electron chi connectivity index (χ2n) is 8.39. The van der Waals surface area contributed by atoms with Crippen molar-refractivity contribution >= 4 is 12.2 Å². The average molecular weight is 338 g/mol. The smallest absolute Gasteiger partial charge is 0.122 e. The van der Waals surface area contributed by atoms with Gasteiger partial charge in [0.05, 0.1) is 0 Å². The average Bonchev–Trinajstić information content (AvgIpc) is 2.65. The summed E-state index contributed by atoms with van der Waals surface area (Å²) in [7, 11) is 0. The third-order valence-corrected chi connectivity index (χ3v) is 7.48. The molecule has 0 spiro atoms. The highest BCUT2D eigenvalue weighted by Crippen LogP contribution is 2.67. The molecule has 126 valence electrons. The van der Waals surface area contributed by atoms with Gasteiger partial charge in [0.25, 0.3) is 0 Å². The molecule has 1 aromatic carbocycles. The molecule has 6 aliphatic rings. The molecule has 6 aliphatic carbocycles. The predicted molar refractivity (Wildman–Crippen MR) is 101 cm³/mol. The Labute approximate surface area is 151 Å². The van der Waals surface area contributed by atoms with Gasteiger partial charge in [-0.15, -0.1) is 0 Å². The van der Waals surface area contributed by atoms with Crippen molar-refractivity contribution in [3.05, 3.63) is 93.6 Å². The number of aliphatic hydroxyl groups is 2. The van der Waals surface area contributed by atoms with Crippen LogP contribution in [0, 0.1) is 17.8 Å². The summed E-state index contributed by atoms with van der Waals surface area (Å²) >= 11 is 0. The van der Waals surface area contributed by atoms with Gasteiger partial charge in [0.1, 0.15) is 11.2 Å². The fourth-order valence-electron chi connectivity index (χ4n) is 6.49. The summed E-state index contributed by atoms with van der Waals surface area (Å²) in [6.45, 7) is 0. The Bertz CT molecular complexity index is 1110. The maximum atomic E-state index is 12.2. The van der Waals surface area contributed by atoms with E-state index in [1.165, 1.54) is 5.57 Å².